The van der Waals surface area contributed by atoms with Crippen LogP contribution >= 0.6 is 0 Å². The maximum atomic E-state index is 13.8. The van der Waals surface area contributed by atoms with E-state index in [-0.39, 0.29) is 16.8 Å². The minimum absolute atomic E-state index is 0.128. The predicted octanol–water partition coefficient (Wildman–Crippen LogP) is 3.07. The zero-order chi connectivity index (χ0) is 11.3. The largest absolute Gasteiger partial charge is 0.321 e. The first-order chi connectivity index (χ1) is 6.83. The van der Waals surface area contributed by atoms with Crippen LogP contribution in [0.4, 0.5) is 4.39 Å². The van der Waals surface area contributed by atoms with Crippen LogP contribution in [0.2, 0.25) is 0 Å². The summed E-state index contributed by atoms with van der Waals surface area (Å²) in [5, 5.41) is 0. The summed E-state index contributed by atoms with van der Waals surface area (Å²) >= 11 is 0. The molecule has 0 unspecified atom stereocenters. The Morgan fingerprint density at radius 1 is 1.27 bits per heavy atom. The summed E-state index contributed by atoms with van der Waals surface area (Å²) < 4.78 is 13.8. The molecule has 0 spiro atoms. The molecule has 2 N–H and O–H groups in total. The van der Waals surface area contributed by atoms with E-state index in [0.29, 0.717) is 0 Å². The van der Waals surface area contributed by atoms with Gasteiger partial charge in [0.25, 0.3) is 0 Å². The lowest BCUT2D eigenvalue weighted by Gasteiger charge is -2.21. The van der Waals surface area contributed by atoms with Crippen molar-refractivity contribution >= 4 is 0 Å². The van der Waals surface area contributed by atoms with Gasteiger partial charge in [0.15, 0.2) is 0 Å². The number of hydrogen-bond acceptors (Lipinski definition) is 1. The molecule has 15 heavy (non-hydrogen) atoms. The molecule has 0 bridgehead atoms. The van der Waals surface area contributed by atoms with Crippen LogP contribution in [0.3, 0.4) is 0 Å². The van der Waals surface area contributed by atoms with Gasteiger partial charge in [-0.15, -0.1) is 0 Å². The van der Waals surface area contributed by atoms with Gasteiger partial charge in [-0.05, 0) is 35.4 Å². The van der Waals surface area contributed by atoms with Gasteiger partial charge in [0.05, 0.1) is 0 Å². The van der Waals surface area contributed by atoms with Crippen LogP contribution in [0.15, 0.2) is 18.2 Å². The fourth-order valence-corrected chi connectivity index (χ4v) is 1.86. The maximum absolute atomic E-state index is 13.8. The Bertz CT molecular complexity index is 386. The zero-order valence-corrected chi connectivity index (χ0v) is 9.60. The highest BCUT2D eigenvalue weighted by atomic mass is 19.1. The molecule has 0 radical (unpaired) electrons. The highest BCUT2D eigenvalue weighted by Crippen LogP contribution is 2.43. The topological polar surface area (TPSA) is 26.0 Å². The summed E-state index contributed by atoms with van der Waals surface area (Å²) in [7, 11) is 0. The van der Waals surface area contributed by atoms with Gasteiger partial charge < -0.3 is 5.73 Å². The molecular formula is C13H18FN. The van der Waals surface area contributed by atoms with Crippen molar-refractivity contribution in [3.8, 4) is 0 Å². The Labute approximate surface area is 90.5 Å². The highest BCUT2D eigenvalue weighted by molar-refractivity contribution is 5.35. The van der Waals surface area contributed by atoms with E-state index in [1.807, 2.05) is 32.9 Å². The second-order valence-electron chi connectivity index (χ2n) is 5.60. The molecule has 1 nitrogen and oxygen atoms in total. The summed E-state index contributed by atoms with van der Waals surface area (Å²) in [4.78, 5) is 0. The van der Waals surface area contributed by atoms with E-state index >= 15 is 0 Å². The van der Waals surface area contributed by atoms with Crippen LogP contribution in [0.5, 0.6) is 0 Å². The number of benzene rings is 1. The van der Waals surface area contributed by atoms with Gasteiger partial charge in [0, 0.05) is 5.54 Å². The average Bonchev–Trinajstić information content (AvgIpc) is 2.82. The lowest BCUT2D eigenvalue weighted by molar-refractivity contribution is 0.519. The summed E-state index contributed by atoms with van der Waals surface area (Å²) in [5.74, 6) is -0.128. The fourth-order valence-electron chi connectivity index (χ4n) is 1.86. The quantitative estimate of drug-likeness (QED) is 0.752. The van der Waals surface area contributed by atoms with E-state index in [1.165, 1.54) is 0 Å². The van der Waals surface area contributed by atoms with Crippen LogP contribution < -0.4 is 5.73 Å². The van der Waals surface area contributed by atoms with E-state index in [4.69, 9.17) is 5.73 Å². The first kappa shape index (κ1) is 10.6. The Morgan fingerprint density at radius 3 is 2.27 bits per heavy atom. The first-order valence-electron chi connectivity index (χ1n) is 5.42. The van der Waals surface area contributed by atoms with Crippen molar-refractivity contribution in [1.29, 1.82) is 0 Å². The standard InChI is InChI=1S/C13H18FN/c1-12(2,3)10-5-4-9(8-11(10)14)13(15)6-7-13/h4-5,8H,6-7,15H2,1-3H3. The molecule has 1 aromatic rings. The van der Waals surface area contributed by atoms with Gasteiger partial charge in [-0.25, -0.2) is 4.39 Å². The summed E-state index contributed by atoms with van der Waals surface area (Å²) in [6, 6.07) is 5.45. The lowest BCUT2D eigenvalue weighted by atomic mass is 9.85. The second-order valence-corrected chi connectivity index (χ2v) is 5.60. The van der Waals surface area contributed by atoms with Gasteiger partial charge in [-0.1, -0.05) is 32.9 Å². The third kappa shape index (κ3) is 1.91. The van der Waals surface area contributed by atoms with Crippen LogP contribution in [0, 0.1) is 5.82 Å². The molecule has 1 fully saturated rings. The summed E-state index contributed by atoms with van der Waals surface area (Å²) in [5.41, 5.74) is 7.34. The van der Waals surface area contributed by atoms with E-state index < -0.39 is 0 Å². The average molecular weight is 207 g/mol. The molecule has 0 amide bonds. The van der Waals surface area contributed by atoms with Crippen LogP contribution in [-0.4, -0.2) is 0 Å². The van der Waals surface area contributed by atoms with Gasteiger partial charge >= 0.3 is 0 Å². The summed E-state index contributed by atoms with van der Waals surface area (Å²) in [6.45, 7) is 6.04. The van der Waals surface area contributed by atoms with Crippen molar-refractivity contribution < 1.29 is 4.39 Å². The third-order valence-corrected chi connectivity index (χ3v) is 3.14. The number of halogens is 1. The predicted molar refractivity (Wildman–Crippen MR) is 60.2 cm³/mol. The molecular weight excluding hydrogens is 189 g/mol. The zero-order valence-electron chi connectivity index (χ0n) is 9.60. The van der Waals surface area contributed by atoms with Gasteiger partial charge in [-0.3, -0.25) is 0 Å². The second kappa shape index (κ2) is 3.05. The molecule has 2 heteroatoms. The van der Waals surface area contributed by atoms with Crippen molar-refractivity contribution in [1.82, 2.24) is 0 Å². The Morgan fingerprint density at radius 2 is 1.87 bits per heavy atom. The van der Waals surface area contributed by atoms with Crippen LogP contribution in [0.25, 0.3) is 0 Å². The minimum Gasteiger partial charge on any atom is -0.321 e. The van der Waals surface area contributed by atoms with Crippen LogP contribution in [-0.2, 0) is 11.0 Å². The van der Waals surface area contributed by atoms with Crippen molar-refractivity contribution in [2.24, 2.45) is 5.73 Å². The Hall–Kier alpha value is -0.890. The van der Waals surface area contributed by atoms with E-state index in [1.54, 1.807) is 6.07 Å². The maximum Gasteiger partial charge on any atom is 0.127 e. The molecule has 0 saturated heterocycles. The van der Waals surface area contributed by atoms with Crippen molar-refractivity contribution in [2.45, 2.75) is 44.6 Å². The van der Waals surface area contributed by atoms with E-state index in [9.17, 15) is 4.39 Å². The van der Waals surface area contributed by atoms with E-state index in [2.05, 4.69) is 0 Å². The lowest BCUT2D eigenvalue weighted by Crippen LogP contribution is -2.20. The molecule has 2 rings (SSSR count). The van der Waals surface area contributed by atoms with Gasteiger partial charge in [-0.2, -0.15) is 0 Å². The van der Waals surface area contributed by atoms with Gasteiger partial charge in [0.1, 0.15) is 5.82 Å². The molecule has 82 valence electrons. The molecule has 0 heterocycles. The summed E-state index contributed by atoms with van der Waals surface area (Å²) in [6.07, 6.45) is 1.95. The molecule has 1 saturated carbocycles. The minimum atomic E-state index is -0.239. The van der Waals surface area contributed by atoms with Crippen LogP contribution in [0.1, 0.15) is 44.7 Å². The highest BCUT2D eigenvalue weighted by Gasteiger charge is 2.40. The van der Waals surface area contributed by atoms with Crippen molar-refractivity contribution in [3.63, 3.8) is 0 Å². The Balaban J connectivity index is 2.39. The number of rotatable bonds is 1. The molecule has 0 aliphatic heterocycles. The molecule has 0 atom stereocenters. The van der Waals surface area contributed by atoms with Gasteiger partial charge in [0.2, 0.25) is 0 Å². The third-order valence-electron chi connectivity index (χ3n) is 3.14. The van der Waals surface area contributed by atoms with Crippen molar-refractivity contribution in [2.75, 3.05) is 0 Å². The smallest absolute Gasteiger partial charge is 0.127 e. The Kier molecular flexibility index (Phi) is 2.16. The number of hydrogen-bond donors (Lipinski definition) is 1. The normalized spacial score (nSPS) is 19.0. The molecule has 0 aromatic heterocycles. The number of nitrogens with two attached hydrogens (primary N) is 1. The fraction of sp³-hybridized carbons (Fsp3) is 0.538. The van der Waals surface area contributed by atoms with E-state index in [0.717, 1.165) is 24.0 Å². The SMILES string of the molecule is CC(C)(C)c1ccc(C2(N)CC2)cc1F. The monoisotopic (exact) mass is 207 g/mol. The first-order valence-corrected chi connectivity index (χ1v) is 5.42. The molecule has 1 aliphatic rings. The van der Waals surface area contributed by atoms with Crippen molar-refractivity contribution in [3.05, 3.63) is 35.1 Å². The molecule has 1 aromatic carbocycles. The molecule has 1 aliphatic carbocycles.